The van der Waals surface area contributed by atoms with Crippen LogP contribution in [0.2, 0.25) is 5.02 Å². The van der Waals surface area contributed by atoms with E-state index in [1.54, 1.807) is 12.1 Å². The highest BCUT2D eigenvalue weighted by molar-refractivity contribution is 7.81. The van der Waals surface area contributed by atoms with Gasteiger partial charge >= 0.3 is 0 Å². The number of thiocarbonyl (C=S) groups is 1. The molecule has 1 aliphatic carbocycles. The fourth-order valence-electron chi connectivity index (χ4n) is 2.58. The van der Waals surface area contributed by atoms with Gasteiger partial charge in [0.05, 0.1) is 0 Å². The van der Waals surface area contributed by atoms with E-state index in [2.05, 4.69) is 13.8 Å². The maximum absolute atomic E-state index is 12.7. The minimum absolute atomic E-state index is 0.0739. The summed E-state index contributed by atoms with van der Waals surface area (Å²) in [5, 5.41) is 0.575. The number of halogens is 1. The normalized spacial score (nSPS) is 15.5. The van der Waals surface area contributed by atoms with Crippen LogP contribution in [0.15, 0.2) is 29.3 Å². The van der Waals surface area contributed by atoms with Crippen molar-refractivity contribution in [3.8, 4) is 0 Å². The lowest BCUT2D eigenvalue weighted by molar-refractivity contribution is 0.102. The number of Topliss-reactive ketones (excluding diaryl/α,β-unsaturated/α-hetero) is 1. The van der Waals surface area contributed by atoms with Crippen molar-refractivity contribution in [3.63, 3.8) is 0 Å². The Morgan fingerprint density at radius 3 is 2.11 bits per heavy atom. The number of fused-ring (bicyclic) bond motifs is 1. The van der Waals surface area contributed by atoms with Crippen molar-refractivity contribution in [2.45, 2.75) is 27.7 Å². The van der Waals surface area contributed by atoms with Gasteiger partial charge in [-0.3, -0.25) is 4.79 Å². The smallest absolute Gasteiger partial charge is 0.190 e. The molecule has 0 saturated carbocycles. The number of allylic oxidation sites excluding steroid dienone is 2. The van der Waals surface area contributed by atoms with Crippen LogP contribution in [0.4, 0.5) is 0 Å². The number of rotatable bonds is 2. The SMILES string of the molecule is CC(C)C1=C(C(C)C)C(=S)c2ccc(Cl)cc2C1=O. The Balaban J connectivity index is 2.73. The van der Waals surface area contributed by atoms with Crippen molar-refractivity contribution in [2.75, 3.05) is 0 Å². The van der Waals surface area contributed by atoms with Crippen LogP contribution in [0.3, 0.4) is 0 Å². The maximum Gasteiger partial charge on any atom is 0.190 e. The topological polar surface area (TPSA) is 17.1 Å². The molecule has 0 atom stereocenters. The molecule has 1 aromatic carbocycles. The van der Waals surface area contributed by atoms with Gasteiger partial charge in [-0.05, 0) is 29.5 Å². The molecule has 0 radical (unpaired) electrons. The van der Waals surface area contributed by atoms with E-state index >= 15 is 0 Å². The Morgan fingerprint density at radius 2 is 1.58 bits per heavy atom. The van der Waals surface area contributed by atoms with Crippen LogP contribution in [-0.2, 0) is 0 Å². The first kappa shape index (κ1) is 14.4. The van der Waals surface area contributed by atoms with E-state index in [9.17, 15) is 4.79 Å². The molecular formula is C16H17ClOS. The quantitative estimate of drug-likeness (QED) is 0.724. The molecule has 0 bridgehead atoms. The summed E-state index contributed by atoms with van der Waals surface area (Å²) in [6.07, 6.45) is 0. The fraction of sp³-hybridized carbons (Fsp3) is 0.375. The molecule has 100 valence electrons. The van der Waals surface area contributed by atoms with Crippen molar-refractivity contribution >= 4 is 34.5 Å². The molecule has 0 spiro atoms. The van der Waals surface area contributed by atoms with Crippen LogP contribution >= 0.6 is 23.8 Å². The van der Waals surface area contributed by atoms with Gasteiger partial charge in [0.25, 0.3) is 0 Å². The third kappa shape index (κ3) is 2.39. The van der Waals surface area contributed by atoms with Crippen molar-refractivity contribution in [2.24, 2.45) is 11.8 Å². The second-order valence-electron chi connectivity index (χ2n) is 5.48. The van der Waals surface area contributed by atoms with Crippen molar-refractivity contribution < 1.29 is 4.79 Å². The lowest BCUT2D eigenvalue weighted by atomic mass is 9.77. The van der Waals surface area contributed by atoms with Crippen molar-refractivity contribution in [1.82, 2.24) is 0 Å². The van der Waals surface area contributed by atoms with E-state index in [1.807, 2.05) is 19.9 Å². The zero-order valence-corrected chi connectivity index (χ0v) is 13.2. The Labute approximate surface area is 124 Å². The second kappa shape index (κ2) is 5.18. The summed E-state index contributed by atoms with van der Waals surface area (Å²) in [7, 11) is 0. The first-order valence-electron chi connectivity index (χ1n) is 6.47. The number of carbonyl (C=O) groups excluding carboxylic acids is 1. The van der Waals surface area contributed by atoms with E-state index in [4.69, 9.17) is 23.8 Å². The number of ketones is 1. The molecule has 0 fully saturated rings. The van der Waals surface area contributed by atoms with Gasteiger partial charge in [0.1, 0.15) is 0 Å². The first-order valence-corrected chi connectivity index (χ1v) is 7.26. The molecule has 19 heavy (non-hydrogen) atoms. The summed E-state index contributed by atoms with van der Waals surface area (Å²) in [6, 6.07) is 5.38. The zero-order chi connectivity index (χ0) is 14.3. The summed E-state index contributed by atoms with van der Waals surface area (Å²) in [4.78, 5) is 13.5. The molecule has 0 unspecified atom stereocenters. The molecular weight excluding hydrogens is 276 g/mol. The van der Waals surface area contributed by atoms with Gasteiger partial charge in [0.2, 0.25) is 0 Å². The van der Waals surface area contributed by atoms with Gasteiger partial charge in [-0.1, -0.05) is 57.6 Å². The average molecular weight is 293 g/mol. The van der Waals surface area contributed by atoms with Gasteiger partial charge in [-0.2, -0.15) is 0 Å². The van der Waals surface area contributed by atoms with Gasteiger partial charge in [-0.15, -0.1) is 0 Å². The molecule has 1 aromatic rings. The lowest BCUT2D eigenvalue weighted by Gasteiger charge is -2.27. The third-order valence-electron chi connectivity index (χ3n) is 3.40. The molecule has 0 heterocycles. The number of hydrogen-bond acceptors (Lipinski definition) is 2. The van der Waals surface area contributed by atoms with Gasteiger partial charge < -0.3 is 0 Å². The number of benzene rings is 1. The predicted molar refractivity (Wildman–Crippen MR) is 84.2 cm³/mol. The van der Waals surface area contributed by atoms with Gasteiger partial charge in [0.15, 0.2) is 5.78 Å². The molecule has 0 aliphatic heterocycles. The molecule has 1 nitrogen and oxygen atoms in total. The highest BCUT2D eigenvalue weighted by atomic mass is 35.5. The minimum Gasteiger partial charge on any atom is -0.289 e. The lowest BCUT2D eigenvalue weighted by Crippen LogP contribution is -2.26. The van der Waals surface area contributed by atoms with E-state index in [0.29, 0.717) is 10.6 Å². The predicted octanol–water partition coefficient (Wildman–Crippen LogP) is 4.86. The summed E-state index contributed by atoms with van der Waals surface area (Å²) >= 11 is 11.6. The van der Waals surface area contributed by atoms with E-state index in [-0.39, 0.29) is 17.6 Å². The summed E-state index contributed by atoms with van der Waals surface area (Å²) in [5.74, 6) is 0.484. The fourth-order valence-corrected chi connectivity index (χ4v) is 3.28. The van der Waals surface area contributed by atoms with Crippen LogP contribution in [0, 0.1) is 11.8 Å². The van der Waals surface area contributed by atoms with Crippen LogP contribution in [0.1, 0.15) is 43.6 Å². The van der Waals surface area contributed by atoms with Crippen LogP contribution in [0.25, 0.3) is 0 Å². The van der Waals surface area contributed by atoms with E-state index in [1.165, 1.54) is 0 Å². The Bertz CT molecular complexity index is 597. The molecule has 1 aliphatic rings. The molecule has 2 rings (SSSR count). The highest BCUT2D eigenvalue weighted by Gasteiger charge is 2.32. The van der Waals surface area contributed by atoms with Crippen molar-refractivity contribution in [1.29, 1.82) is 0 Å². The molecule has 3 heteroatoms. The van der Waals surface area contributed by atoms with Gasteiger partial charge in [-0.25, -0.2) is 0 Å². The maximum atomic E-state index is 12.7. The molecule has 0 amide bonds. The minimum atomic E-state index is 0.0739. The largest absolute Gasteiger partial charge is 0.289 e. The zero-order valence-electron chi connectivity index (χ0n) is 11.6. The number of carbonyl (C=O) groups is 1. The molecule has 0 aromatic heterocycles. The Morgan fingerprint density at radius 1 is 1.00 bits per heavy atom. The summed E-state index contributed by atoms with van der Waals surface area (Å²) in [6.45, 7) is 8.23. The third-order valence-corrected chi connectivity index (χ3v) is 4.08. The molecule has 0 saturated heterocycles. The van der Waals surface area contributed by atoms with Crippen LogP contribution < -0.4 is 0 Å². The highest BCUT2D eigenvalue weighted by Crippen LogP contribution is 2.35. The molecule has 0 N–H and O–H groups in total. The standard InChI is InChI=1S/C16H17ClOS/c1-8(2)13-14(9(3)4)16(19)11-6-5-10(17)7-12(11)15(13)18/h5-9H,1-4H3. The van der Waals surface area contributed by atoms with Crippen molar-refractivity contribution in [3.05, 3.63) is 45.5 Å². The van der Waals surface area contributed by atoms with Crippen LogP contribution in [0.5, 0.6) is 0 Å². The summed E-state index contributed by atoms with van der Waals surface area (Å²) < 4.78 is 0. The monoisotopic (exact) mass is 292 g/mol. The number of hydrogen-bond donors (Lipinski definition) is 0. The summed E-state index contributed by atoms with van der Waals surface area (Å²) in [5.41, 5.74) is 3.35. The van der Waals surface area contributed by atoms with Crippen LogP contribution in [-0.4, -0.2) is 10.6 Å². The first-order chi connectivity index (χ1) is 8.84. The second-order valence-corrected chi connectivity index (χ2v) is 6.33. The van der Waals surface area contributed by atoms with Gasteiger partial charge in [0, 0.05) is 26.6 Å². The Kier molecular flexibility index (Phi) is 3.93. The average Bonchev–Trinajstić information content (AvgIpc) is 2.32. The van der Waals surface area contributed by atoms with E-state index < -0.39 is 0 Å². The van der Waals surface area contributed by atoms with E-state index in [0.717, 1.165) is 21.6 Å². The Hall–Kier alpha value is -0.990.